The molecule has 96 valence electrons. The van der Waals surface area contributed by atoms with Gasteiger partial charge in [-0.05, 0) is 13.0 Å². The van der Waals surface area contributed by atoms with E-state index in [0.29, 0.717) is 11.3 Å². The van der Waals surface area contributed by atoms with Gasteiger partial charge in [0.1, 0.15) is 6.07 Å². The number of likely N-dealkylation sites (N-methyl/N-ethyl adjacent to an activating group) is 1. The topological polar surface area (TPSA) is 70.4 Å². The number of para-hydroxylation sites is 1. The molecular weight excluding hydrogens is 244 g/mol. The standard InChI is InChI=1S/C14H12N2O3/c1-3-19-14(18)10(8-15)12-9-6-4-5-7-11(9)16(2)13(12)17/h4-7H,3H2,1-2H3/b12-10+. The predicted molar refractivity (Wildman–Crippen MR) is 69.0 cm³/mol. The van der Waals surface area contributed by atoms with Crippen molar-refractivity contribution in [3.8, 4) is 6.07 Å². The van der Waals surface area contributed by atoms with Gasteiger partial charge >= 0.3 is 5.97 Å². The van der Waals surface area contributed by atoms with Crippen molar-refractivity contribution >= 4 is 23.1 Å². The summed E-state index contributed by atoms with van der Waals surface area (Å²) in [6.07, 6.45) is 0. The summed E-state index contributed by atoms with van der Waals surface area (Å²) in [4.78, 5) is 25.3. The van der Waals surface area contributed by atoms with E-state index >= 15 is 0 Å². The van der Waals surface area contributed by atoms with E-state index in [2.05, 4.69) is 0 Å². The molecule has 19 heavy (non-hydrogen) atoms. The van der Waals surface area contributed by atoms with Crippen molar-refractivity contribution in [3.63, 3.8) is 0 Å². The first-order valence-corrected chi connectivity index (χ1v) is 5.80. The highest BCUT2D eigenvalue weighted by atomic mass is 16.5. The van der Waals surface area contributed by atoms with Crippen molar-refractivity contribution in [1.82, 2.24) is 0 Å². The molecule has 2 rings (SSSR count). The first kappa shape index (κ1) is 12.8. The minimum Gasteiger partial charge on any atom is -0.462 e. The van der Waals surface area contributed by atoms with Crippen LogP contribution in [-0.4, -0.2) is 25.5 Å². The van der Waals surface area contributed by atoms with Gasteiger partial charge in [0.2, 0.25) is 0 Å². The molecule has 1 aliphatic heterocycles. The highest BCUT2D eigenvalue weighted by molar-refractivity contribution is 6.36. The first-order valence-electron chi connectivity index (χ1n) is 5.80. The van der Waals surface area contributed by atoms with Crippen LogP contribution in [0, 0.1) is 11.3 Å². The minimum absolute atomic E-state index is 0.110. The molecule has 0 N–H and O–H groups in total. The number of amides is 1. The Morgan fingerprint density at radius 1 is 1.42 bits per heavy atom. The number of anilines is 1. The number of nitrogens with zero attached hydrogens (tertiary/aromatic N) is 2. The Hall–Kier alpha value is -2.61. The van der Waals surface area contributed by atoms with Crippen LogP contribution in [0.2, 0.25) is 0 Å². The summed E-state index contributed by atoms with van der Waals surface area (Å²) in [6.45, 7) is 1.80. The number of carbonyl (C=O) groups excluding carboxylic acids is 2. The second-order valence-corrected chi connectivity index (χ2v) is 3.96. The van der Waals surface area contributed by atoms with Crippen LogP contribution >= 0.6 is 0 Å². The second kappa shape index (κ2) is 4.94. The van der Waals surface area contributed by atoms with Crippen molar-refractivity contribution < 1.29 is 14.3 Å². The average molecular weight is 256 g/mol. The highest BCUT2D eigenvalue weighted by Crippen LogP contribution is 2.37. The molecule has 1 aromatic rings. The van der Waals surface area contributed by atoms with Crippen LogP contribution in [0.15, 0.2) is 29.8 Å². The zero-order valence-electron chi connectivity index (χ0n) is 10.6. The van der Waals surface area contributed by atoms with Crippen molar-refractivity contribution in [2.75, 3.05) is 18.6 Å². The zero-order valence-corrected chi connectivity index (χ0v) is 10.6. The second-order valence-electron chi connectivity index (χ2n) is 3.96. The molecule has 0 fully saturated rings. The Morgan fingerprint density at radius 2 is 2.11 bits per heavy atom. The third kappa shape index (κ3) is 1.97. The van der Waals surface area contributed by atoms with Crippen LogP contribution in [0.4, 0.5) is 5.69 Å². The van der Waals surface area contributed by atoms with E-state index in [9.17, 15) is 9.59 Å². The van der Waals surface area contributed by atoms with Gasteiger partial charge in [0.15, 0.2) is 5.57 Å². The van der Waals surface area contributed by atoms with E-state index in [0.717, 1.165) is 0 Å². The quantitative estimate of drug-likeness (QED) is 0.457. The lowest BCUT2D eigenvalue weighted by Crippen LogP contribution is -2.22. The third-order valence-corrected chi connectivity index (χ3v) is 2.89. The number of ether oxygens (including phenoxy) is 1. The number of fused-ring (bicyclic) bond motifs is 1. The van der Waals surface area contributed by atoms with E-state index in [-0.39, 0.29) is 23.7 Å². The summed E-state index contributed by atoms with van der Waals surface area (Å²) in [7, 11) is 1.61. The van der Waals surface area contributed by atoms with E-state index in [1.807, 2.05) is 0 Å². The van der Waals surface area contributed by atoms with E-state index in [1.165, 1.54) is 4.90 Å². The van der Waals surface area contributed by atoms with Crippen molar-refractivity contribution in [1.29, 1.82) is 5.26 Å². The van der Waals surface area contributed by atoms with Gasteiger partial charge in [-0.3, -0.25) is 4.79 Å². The Balaban J connectivity index is 2.64. The Labute approximate surface area is 110 Å². The first-order chi connectivity index (χ1) is 9.11. The minimum atomic E-state index is -0.765. The van der Waals surface area contributed by atoms with Crippen molar-refractivity contribution in [2.24, 2.45) is 0 Å². The third-order valence-electron chi connectivity index (χ3n) is 2.89. The maximum atomic E-state index is 12.2. The largest absolute Gasteiger partial charge is 0.462 e. The van der Waals surface area contributed by atoms with Crippen LogP contribution in [0.5, 0.6) is 0 Å². The summed E-state index contributed by atoms with van der Waals surface area (Å²) in [5, 5.41) is 9.13. The number of nitriles is 1. The summed E-state index contributed by atoms with van der Waals surface area (Å²) >= 11 is 0. The molecule has 0 radical (unpaired) electrons. The smallest absolute Gasteiger partial charge is 0.349 e. The molecule has 0 bridgehead atoms. The summed E-state index contributed by atoms with van der Waals surface area (Å²) < 4.78 is 4.82. The SMILES string of the molecule is CCOC(=O)/C(C#N)=C1/C(=O)N(C)c2ccccc21. The molecular formula is C14H12N2O3. The van der Waals surface area contributed by atoms with Crippen LogP contribution < -0.4 is 4.90 Å². The Morgan fingerprint density at radius 3 is 2.74 bits per heavy atom. The lowest BCUT2D eigenvalue weighted by Gasteiger charge is -2.08. The summed E-state index contributed by atoms with van der Waals surface area (Å²) in [6, 6.07) is 8.80. The normalized spacial score (nSPS) is 15.8. The van der Waals surface area contributed by atoms with Gasteiger partial charge in [0.25, 0.3) is 5.91 Å². The van der Waals surface area contributed by atoms with Crippen molar-refractivity contribution in [2.45, 2.75) is 6.92 Å². The van der Waals surface area contributed by atoms with Gasteiger partial charge < -0.3 is 9.64 Å². The molecule has 1 aliphatic rings. The van der Waals surface area contributed by atoms with Crippen LogP contribution in [0.1, 0.15) is 12.5 Å². The lowest BCUT2D eigenvalue weighted by molar-refractivity contribution is -0.138. The van der Waals surface area contributed by atoms with Gasteiger partial charge in [0, 0.05) is 12.6 Å². The molecule has 1 aromatic carbocycles. The fraction of sp³-hybridized carbons (Fsp3) is 0.214. The number of rotatable bonds is 2. The van der Waals surface area contributed by atoms with Gasteiger partial charge in [-0.15, -0.1) is 0 Å². The zero-order chi connectivity index (χ0) is 14.0. The fourth-order valence-corrected chi connectivity index (χ4v) is 2.02. The molecule has 5 heteroatoms. The van der Waals surface area contributed by atoms with Gasteiger partial charge in [-0.25, -0.2) is 4.79 Å². The molecule has 0 aromatic heterocycles. The lowest BCUT2D eigenvalue weighted by atomic mass is 10.0. The van der Waals surface area contributed by atoms with Crippen LogP contribution in [-0.2, 0) is 14.3 Å². The average Bonchev–Trinajstić information content (AvgIpc) is 2.66. The molecule has 0 unspecified atom stereocenters. The maximum absolute atomic E-state index is 12.2. The summed E-state index contributed by atoms with van der Waals surface area (Å²) in [5.41, 5.74) is 1.13. The van der Waals surface area contributed by atoms with Crippen LogP contribution in [0.3, 0.4) is 0 Å². The van der Waals surface area contributed by atoms with Crippen LogP contribution in [0.25, 0.3) is 5.57 Å². The molecule has 1 heterocycles. The number of esters is 1. The fourth-order valence-electron chi connectivity index (χ4n) is 2.02. The van der Waals surface area contributed by atoms with E-state index < -0.39 is 5.97 Å². The number of hydrogen-bond acceptors (Lipinski definition) is 4. The monoisotopic (exact) mass is 256 g/mol. The van der Waals surface area contributed by atoms with E-state index in [1.54, 1.807) is 44.3 Å². The Kier molecular flexibility index (Phi) is 3.34. The van der Waals surface area contributed by atoms with Gasteiger partial charge in [0.05, 0.1) is 17.9 Å². The number of carbonyl (C=O) groups is 2. The molecule has 5 nitrogen and oxygen atoms in total. The maximum Gasteiger partial charge on any atom is 0.349 e. The number of benzene rings is 1. The molecule has 0 aliphatic carbocycles. The molecule has 0 spiro atoms. The molecule has 0 atom stereocenters. The molecule has 0 saturated carbocycles. The van der Waals surface area contributed by atoms with E-state index in [4.69, 9.17) is 10.00 Å². The van der Waals surface area contributed by atoms with Gasteiger partial charge in [-0.2, -0.15) is 5.26 Å². The summed E-state index contributed by atoms with van der Waals surface area (Å²) in [5.74, 6) is -1.13. The van der Waals surface area contributed by atoms with Gasteiger partial charge in [-0.1, -0.05) is 18.2 Å². The van der Waals surface area contributed by atoms with Crippen molar-refractivity contribution in [3.05, 3.63) is 35.4 Å². The number of hydrogen-bond donors (Lipinski definition) is 0. The predicted octanol–water partition coefficient (Wildman–Crippen LogP) is 1.50. The molecule has 1 amide bonds. The highest BCUT2D eigenvalue weighted by Gasteiger charge is 2.34. The Bertz CT molecular complexity index is 626. The molecule has 0 saturated heterocycles.